The summed E-state index contributed by atoms with van der Waals surface area (Å²) in [4.78, 5) is 11.3. The van der Waals surface area contributed by atoms with E-state index in [0.29, 0.717) is 12.8 Å². The van der Waals surface area contributed by atoms with Gasteiger partial charge in [-0.15, -0.1) is 0 Å². The molecule has 2 aromatic rings. The van der Waals surface area contributed by atoms with Gasteiger partial charge in [0.2, 0.25) is 0 Å². The molecule has 1 saturated carbocycles. The third-order valence-electron chi connectivity index (χ3n) is 5.78. The first-order valence-electron chi connectivity index (χ1n) is 9.86. The van der Waals surface area contributed by atoms with Crippen LogP contribution in [0, 0.1) is 5.92 Å². The average Bonchev–Trinajstić information content (AvgIpc) is 2.67. The van der Waals surface area contributed by atoms with E-state index in [9.17, 15) is 9.90 Å². The van der Waals surface area contributed by atoms with Crippen LogP contribution in [0.3, 0.4) is 0 Å². The second-order valence-electron chi connectivity index (χ2n) is 8.59. The van der Waals surface area contributed by atoms with Gasteiger partial charge in [0.25, 0.3) is 8.32 Å². The first kappa shape index (κ1) is 19.8. The molecule has 27 heavy (non-hydrogen) atoms. The quantitative estimate of drug-likeness (QED) is 0.788. The maximum Gasteiger partial charge on any atom is 0.306 e. The Morgan fingerprint density at radius 2 is 1.33 bits per heavy atom. The molecule has 0 aromatic heterocycles. The fourth-order valence-corrected chi connectivity index (χ4v) is 9.12. The summed E-state index contributed by atoms with van der Waals surface area (Å²) in [5, 5.41) is 11.8. The van der Waals surface area contributed by atoms with Crippen molar-refractivity contribution >= 4 is 24.7 Å². The van der Waals surface area contributed by atoms with Crippen LogP contribution in [0.25, 0.3) is 0 Å². The zero-order valence-electron chi connectivity index (χ0n) is 16.5. The van der Waals surface area contributed by atoms with Crippen molar-refractivity contribution in [3.8, 4) is 0 Å². The molecule has 1 N–H and O–H groups in total. The normalized spacial score (nSPS) is 21.0. The van der Waals surface area contributed by atoms with Crippen molar-refractivity contribution in [2.45, 2.75) is 57.6 Å². The van der Waals surface area contributed by atoms with E-state index in [0.717, 1.165) is 12.8 Å². The molecule has 0 radical (unpaired) electrons. The van der Waals surface area contributed by atoms with Gasteiger partial charge in [0.1, 0.15) is 0 Å². The molecule has 1 fully saturated rings. The molecular weight excluding hydrogens is 352 g/mol. The van der Waals surface area contributed by atoms with Crippen molar-refractivity contribution in [3.63, 3.8) is 0 Å². The third kappa shape index (κ3) is 4.02. The van der Waals surface area contributed by atoms with E-state index in [1.807, 2.05) is 12.1 Å². The minimum atomic E-state index is -2.53. The molecule has 0 amide bonds. The molecule has 0 unspecified atom stereocenters. The van der Waals surface area contributed by atoms with Gasteiger partial charge in [0, 0.05) is 6.10 Å². The molecule has 0 aliphatic heterocycles. The summed E-state index contributed by atoms with van der Waals surface area (Å²) >= 11 is 0. The molecule has 1 aliphatic carbocycles. The lowest BCUT2D eigenvalue weighted by Crippen LogP contribution is -2.67. The Hall–Kier alpha value is -1.91. The van der Waals surface area contributed by atoms with Crippen LogP contribution in [-0.4, -0.2) is 25.5 Å². The summed E-state index contributed by atoms with van der Waals surface area (Å²) in [6.07, 6.45) is 3.17. The van der Waals surface area contributed by atoms with E-state index >= 15 is 0 Å². The number of hydrogen-bond donors (Lipinski definition) is 1. The van der Waals surface area contributed by atoms with Crippen LogP contribution in [0.15, 0.2) is 60.7 Å². The first-order chi connectivity index (χ1) is 12.8. The van der Waals surface area contributed by atoms with Crippen molar-refractivity contribution < 1.29 is 14.3 Å². The molecule has 0 spiro atoms. The zero-order chi connectivity index (χ0) is 19.5. The van der Waals surface area contributed by atoms with Crippen molar-refractivity contribution in [1.82, 2.24) is 0 Å². The van der Waals surface area contributed by atoms with Crippen LogP contribution < -0.4 is 10.4 Å². The highest BCUT2D eigenvalue weighted by molar-refractivity contribution is 6.99. The number of hydrogen-bond acceptors (Lipinski definition) is 2. The van der Waals surface area contributed by atoms with Gasteiger partial charge >= 0.3 is 5.97 Å². The Balaban J connectivity index is 2.01. The molecule has 3 nitrogen and oxygen atoms in total. The molecule has 4 heteroatoms. The van der Waals surface area contributed by atoms with Crippen LogP contribution >= 0.6 is 0 Å². The molecule has 3 rings (SSSR count). The Kier molecular flexibility index (Phi) is 5.87. The smallest absolute Gasteiger partial charge is 0.306 e. The van der Waals surface area contributed by atoms with Gasteiger partial charge in [0.05, 0.1) is 5.92 Å². The standard InChI is InChI=1S/C23H30O3Si/c1-23(2,3)27(20-10-6-4-7-11-20,21-12-8-5-9-13-21)26-19-16-14-18(15-17-19)22(24)25/h4-13,18-19H,14-17H2,1-3H3,(H,24,25)/t18-,19+. The van der Waals surface area contributed by atoms with E-state index in [-0.39, 0.29) is 17.1 Å². The Morgan fingerprint density at radius 1 is 0.889 bits per heavy atom. The van der Waals surface area contributed by atoms with E-state index in [1.54, 1.807) is 0 Å². The predicted octanol–water partition coefficient (Wildman–Crippen LogP) is 4.21. The average molecular weight is 383 g/mol. The number of carboxylic acids is 1. The minimum absolute atomic E-state index is 0.0423. The summed E-state index contributed by atoms with van der Waals surface area (Å²) in [7, 11) is -2.53. The Morgan fingerprint density at radius 3 is 1.70 bits per heavy atom. The summed E-state index contributed by atoms with van der Waals surface area (Å²) in [6.45, 7) is 6.84. The van der Waals surface area contributed by atoms with Crippen LogP contribution in [0.2, 0.25) is 5.04 Å². The fourth-order valence-electron chi connectivity index (χ4n) is 4.37. The zero-order valence-corrected chi connectivity index (χ0v) is 17.5. The van der Waals surface area contributed by atoms with E-state index in [1.165, 1.54) is 10.4 Å². The summed E-state index contributed by atoms with van der Waals surface area (Å²) in [6, 6.07) is 21.3. The third-order valence-corrected chi connectivity index (χ3v) is 10.9. The molecule has 0 atom stereocenters. The number of benzene rings is 2. The fraction of sp³-hybridized carbons (Fsp3) is 0.435. The second-order valence-corrected chi connectivity index (χ2v) is 12.8. The number of carbonyl (C=O) groups is 1. The lowest BCUT2D eigenvalue weighted by Gasteiger charge is -2.46. The lowest BCUT2D eigenvalue weighted by atomic mass is 9.88. The highest BCUT2D eigenvalue weighted by atomic mass is 28.4. The van der Waals surface area contributed by atoms with Gasteiger partial charge in [-0.1, -0.05) is 81.4 Å². The van der Waals surface area contributed by atoms with Gasteiger partial charge in [-0.3, -0.25) is 4.79 Å². The molecule has 1 aliphatic rings. The van der Waals surface area contributed by atoms with Crippen molar-refractivity contribution in [2.24, 2.45) is 5.92 Å². The van der Waals surface area contributed by atoms with Crippen LogP contribution in [-0.2, 0) is 9.22 Å². The molecule has 0 saturated heterocycles. The number of carboxylic acid groups (broad SMARTS) is 1. The van der Waals surface area contributed by atoms with Crippen LogP contribution in [0.4, 0.5) is 0 Å². The van der Waals surface area contributed by atoms with Crippen LogP contribution in [0.1, 0.15) is 46.5 Å². The second kappa shape index (κ2) is 7.99. The van der Waals surface area contributed by atoms with Crippen LogP contribution in [0.5, 0.6) is 0 Å². The predicted molar refractivity (Wildman–Crippen MR) is 112 cm³/mol. The van der Waals surface area contributed by atoms with Gasteiger partial charge in [-0.2, -0.15) is 0 Å². The Labute approximate surface area is 163 Å². The largest absolute Gasteiger partial charge is 0.481 e. The molecule has 144 valence electrons. The lowest BCUT2D eigenvalue weighted by molar-refractivity contribution is -0.143. The Bertz CT molecular complexity index is 705. The topological polar surface area (TPSA) is 46.5 Å². The SMILES string of the molecule is CC(C)(C)[Si](O[C@H]1CC[C@@H](C(=O)O)CC1)(c1ccccc1)c1ccccc1. The maximum absolute atomic E-state index is 11.3. The number of aliphatic carboxylic acids is 1. The van der Waals surface area contributed by atoms with Crippen molar-refractivity contribution in [3.05, 3.63) is 60.7 Å². The van der Waals surface area contributed by atoms with E-state index < -0.39 is 14.3 Å². The van der Waals surface area contributed by atoms with Gasteiger partial charge in [-0.25, -0.2) is 0 Å². The number of rotatable bonds is 5. The molecule has 2 aromatic carbocycles. The van der Waals surface area contributed by atoms with Crippen molar-refractivity contribution in [2.75, 3.05) is 0 Å². The van der Waals surface area contributed by atoms with Gasteiger partial charge in [-0.05, 0) is 41.1 Å². The summed E-state index contributed by atoms with van der Waals surface area (Å²) in [5.74, 6) is -0.886. The monoisotopic (exact) mass is 382 g/mol. The summed E-state index contributed by atoms with van der Waals surface area (Å²) in [5.41, 5.74) is 0. The highest BCUT2D eigenvalue weighted by Gasteiger charge is 2.51. The minimum Gasteiger partial charge on any atom is -0.481 e. The maximum atomic E-state index is 11.3. The molecule has 0 bridgehead atoms. The highest BCUT2D eigenvalue weighted by Crippen LogP contribution is 2.39. The molecule has 0 heterocycles. The first-order valence-corrected chi connectivity index (χ1v) is 11.8. The summed E-state index contributed by atoms with van der Waals surface area (Å²) < 4.78 is 7.09. The van der Waals surface area contributed by atoms with Gasteiger partial charge < -0.3 is 9.53 Å². The van der Waals surface area contributed by atoms with E-state index in [2.05, 4.69) is 69.3 Å². The van der Waals surface area contributed by atoms with E-state index in [4.69, 9.17) is 4.43 Å². The molecular formula is C23H30O3Si. The van der Waals surface area contributed by atoms with Gasteiger partial charge in [0.15, 0.2) is 0 Å². The van der Waals surface area contributed by atoms with Crippen molar-refractivity contribution in [1.29, 1.82) is 0 Å².